The summed E-state index contributed by atoms with van der Waals surface area (Å²) in [6, 6.07) is 0.613. The average Bonchev–Trinajstić information content (AvgIpc) is 2.08. The third-order valence-corrected chi connectivity index (χ3v) is 2.20. The van der Waals surface area contributed by atoms with Crippen LogP contribution in [-0.2, 0) is 0 Å². The minimum Gasteiger partial charge on any atom is -0.314 e. The Morgan fingerprint density at radius 2 is 1.64 bits per heavy atom. The van der Waals surface area contributed by atoms with E-state index >= 15 is 0 Å². The molecule has 0 spiro atoms. The molecule has 0 radical (unpaired) electrons. The molecule has 0 rings (SSSR count). The molecule has 0 aliphatic carbocycles. The summed E-state index contributed by atoms with van der Waals surface area (Å²) in [5, 5.41) is 3.43. The van der Waals surface area contributed by atoms with Gasteiger partial charge in [0.15, 0.2) is 0 Å². The third kappa shape index (κ3) is 9.96. The van der Waals surface area contributed by atoms with E-state index < -0.39 is 0 Å². The summed E-state index contributed by atoms with van der Waals surface area (Å²) in [6.45, 7) is 9.01. The van der Waals surface area contributed by atoms with Crippen molar-refractivity contribution >= 4 is 0 Å². The molecule has 0 aliphatic heterocycles. The Kier molecular flexibility index (Phi) is 8.14. The number of rotatable bonds is 8. The predicted octanol–water partition coefficient (Wildman–Crippen LogP) is 0.868. The number of likely N-dealkylation sites (N-methyl/N-ethyl adjacent to an activating group) is 2. The van der Waals surface area contributed by atoms with E-state index in [1.54, 1.807) is 0 Å². The minimum atomic E-state index is 0.613. The number of hydrogen-bond donors (Lipinski definition) is 1. The van der Waals surface area contributed by atoms with Gasteiger partial charge in [0.2, 0.25) is 0 Å². The van der Waals surface area contributed by atoms with Gasteiger partial charge in [0.25, 0.3) is 0 Å². The Labute approximate surface area is 89.5 Å². The van der Waals surface area contributed by atoms with Crippen LogP contribution in [0.25, 0.3) is 0 Å². The topological polar surface area (TPSA) is 18.5 Å². The first-order valence-electron chi connectivity index (χ1n) is 5.59. The molecule has 1 N–H and O–H groups in total. The maximum Gasteiger partial charge on any atom is 0.0106 e. The molecule has 14 heavy (non-hydrogen) atoms. The summed E-state index contributed by atoms with van der Waals surface area (Å²) in [4.78, 5) is 4.62. The fourth-order valence-corrected chi connectivity index (χ4v) is 1.22. The van der Waals surface area contributed by atoms with E-state index in [1.807, 2.05) is 0 Å². The molecule has 0 amide bonds. The van der Waals surface area contributed by atoms with Gasteiger partial charge in [-0.05, 0) is 40.7 Å². The van der Waals surface area contributed by atoms with E-state index in [2.05, 4.69) is 50.1 Å². The molecule has 0 aliphatic rings. The van der Waals surface area contributed by atoms with Gasteiger partial charge < -0.3 is 15.1 Å². The van der Waals surface area contributed by atoms with E-state index in [4.69, 9.17) is 0 Å². The Morgan fingerprint density at radius 3 is 2.14 bits per heavy atom. The number of nitrogens with zero attached hydrogens (tertiary/aromatic N) is 2. The van der Waals surface area contributed by atoms with Crippen LogP contribution in [0.2, 0.25) is 0 Å². The van der Waals surface area contributed by atoms with E-state index in [-0.39, 0.29) is 0 Å². The summed E-state index contributed by atoms with van der Waals surface area (Å²) in [7, 11) is 6.43. The zero-order valence-electron chi connectivity index (χ0n) is 10.5. The van der Waals surface area contributed by atoms with Crippen molar-refractivity contribution in [1.82, 2.24) is 15.1 Å². The molecule has 0 aromatic carbocycles. The molecule has 0 fully saturated rings. The Balaban J connectivity index is 3.22. The first kappa shape index (κ1) is 13.9. The molecule has 3 heteroatoms. The van der Waals surface area contributed by atoms with Crippen LogP contribution >= 0.6 is 0 Å². The van der Waals surface area contributed by atoms with Gasteiger partial charge in [0.1, 0.15) is 0 Å². The first-order valence-corrected chi connectivity index (χ1v) is 5.59. The van der Waals surface area contributed by atoms with Crippen LogP contribution in [0.4, 0.5) is 0 Å². The zero-order valence-corrected chi connectivity index (χ0v) is 10.5. The smallest absolute Gasteiger partial charge is 0.0106 e. The van der Waals surface area contributed by atoms with Crippen LogP contribution in [-0.4, -0.2) is 63.2 Å². The summed E-state index contributed by atoms with van der Waals surface area (Å²) < 4.78 is 0. The summed E-state index contributed by atoms with van der Waals surface area (Å²) in [5.41, 5.74) is 0. The Hall–Kier alpha value is -0.120. The lowest BCUT2D eigenvalue weighted by Gasteiger charge is -2.19. The minimum absolute atomic E-state index is 0.613. The van der Waals surface area contributed by atoms with Gasteiger partial charge in [-0.2, -0.15) is 0 Å². The van der Waals surface area contributed by atoms with Gasteiger partial charge in [0, 0.05) is 19.1 Å². The fraction of sp³-hybridized carbons (Fsp3) is 1.00. The fourth-order valence-electron chi connectivity index (χ4n) is 1.22. The highest BCUT2D eigenvalue weighted by Gasteiger charge is 1.99. The van der Waals surface area contributed by atoms with E-state index in [0.717, 1.165) is 19.6 Å². The SMILES string of the molecule is CC(C)NCCCN(C)CCN(C)C. The lowest BCUT2D eigenvalue weighted by Crippen LogP contribution is -2.31. The molecule has 0 atom stereocenters. The Morgan fingerprint density at radius 1 is 1.00 bits per heavy atom. The molecule has 0 heterocycles. The Bertz CT molecular complexity index is 124. The normalized spacial score (nSPS) is 12.0. The second-order valence-corrected chi connectivity index (χ2v) is 4.57. The molecular weight excluding hydrogens is 174 g/mol. The van der Waals surface area contributed by atoms with Crippen LogP contribution in [0.5, 0.6) is 0 Å². The quantitative estimate of drug-likeness (QED) is 0.588. The third-order valence-electron chi connectivity index (χ3n) is 2.20. The van der Waals surface area contributed by atoms with Crippen molar-refractivity contribution in [3.05, 3.63) is 0 Å². The molecule has 0 unspecified atom stereocenters. The highest BCUT2D eigenvalue weighted by Crippen LogP contribution is 1.88. The standard InChI is InChI=1S/C11H27N3/c1-11(2)12-7-6-8-14(5)10-9-13(3)4/h11-12H,6-10H2,1-5H3. The molecule has 86 valence electrons. The molecule has 3 nitrogen and oxygen atoms in total. The monoisotopic (exact) mass is 201 g/mol. The summed E-state index contributed by atoms with van der Waals surface area (Å²) in [6.07, 6.45) is 1.24. The van der Waals surface area contributed by atoms with E-state index in [9.17, 15) is 0 Å². The van der Waals surface area contributed by atoms with Crippen LogP contribution in [0.1, 0.15) is 20.3 Å². The maximum absolute atomic E-state index is 3.43. The van der Waals surface area contributed by atoms with Gasteiger partial charge in [-0.3, -0.25) is 0 Å². The van der Waals surface area contributed by atoms with Crippen molar-refractivity contribution in [2.45, 2.75) is 26.3 Å². The molecule has 0 aromatic heterocycles. The molecule has 0 bridgehead atoms. The molecule has 0 saturated heterocycles. The molecule has 0 aromatic rings. The van der Waals surface area contributed by atoms with Gasteiger partial charge in [-0.1, -0.05) is 13.8 Å². The van der Waals surface area contributed by atoms with E-state index in [0.29, 0.717) is 6.04 Å². The lowest BCUT2D eigenvalue weighted by molar-refractivity contribution is 0.278. The highest BCUT2D eigenvalue weighted by atomic mass is 15.1. The van der Waals surface area contributed by atoms with Gasteiger partial charge >= 0.3 is 0 Å². The summed E-state index contributed by atoms with van der Waals surface area (Å²) in [5.74, 6) is 0. The van der Waals surface area contributed by atoms with Crippen molar-refractivity contribution in [1.29, 1.82) is 0 Å². The zero-order chi connectivity index (χ0) is 11.0. The molecule has 0 saturated carbocycles. The van der Waals surface area contributed by atoms with Crippen molar-refractivity contribution in [2.24, 2.45) is 0 Å². The second-order valence-electron chi connectivity index (χ2n) is 4.57. The van der Waals surface area contributed by atoms with Crippen molar-refractivity contribution in [3.8, 4) is 0 Å². The summed E-state index contributed by atoms with van der Waals surface area (Å²) >= 11 is 0. The average molecular weight is 201 g/mol. The van der Waals surface area contributed by atoms with E-state index in [1.165, 1.54) is 13.0 Å². The number of nitrogens with one attached hydrogen (secondary N) is 1. The van der Waals surface area contributed by atoms with Gasteiger partial charge in [0.05, 0.1) is 0 Å². The lowest BCUT2D eigenvalue weighted by atomic mass is 10.3. The number of hydrogen-bond acceptors (Lipinski definition) is 3. The van der Waals surface area contributed by atoms with Gasteiger partial charge in [-0.15, -0.1) is 0 Å². The largest absolute Gasteiger partial charge is 0.314 e. The second kappa shape index (κ2) is 8.21. The van der Waals surface area contributed by atoms with Crippen LogP contribution < -0.4 is 5.32 Å². The van der Waals surface area contributed by atoms with Crippen LogP contribution in [0.15, 0.2) is 0 Å². The van der Waals surface area contributed by atoms with Crippen molar-refractivity contribution in [3.63, 3.8) is 0 Å². The molecular formula is C11H27N3. The maximum atomic E-state index is 3.43. The van der Waals surface area contributed by atoms with Crippen LogP contribution in [0.3, 0.4) is 0 Å². The first-order chi connectivity index (χ1) is 6.52. The van der Waals surface area contributed by atoms with Crippen molar-refractivity contribution < 1.29 is 0 Å². The van der Waals surface area contributed by atoms with Crippen LogP contribution in [0, 0.1) is 0 Å². The highest BCUT2D eigenvalue weighted by molar-refractivity contribution is 4.57. The predicted molar refractivity (Wildman–Crippen MR) is 63.8 cm³/mol. The van der Waals surface area contributed by atoms with Gasteiger partial charge in [-0.25, -0.2) is 0 Å². The van der Waals surface area contributed by atoms with Crippen molar-refractivity contribution in [2.75, 3.05) is 47.3 Å².